The molecular weight excluding hydrogens is 384 g/mol. The number of hydrogen-bond donors (Lipinski definition) is 2. The van der Waals surface area contributed by atoms with Crippen LogP contribution in [0, 0.1) is 27.7 Å². The number of ketones is 1. The number of rotatable bonds is 6. The van der Waals surface area contributed by atoms with E-state index >= 15 is 0 Å². The van der Waals surface area contributed by atoms with E-state index < -0.39 is 0 Å². The molecule has 0 aliphatic heterocycles. The average molecular weight is 408 g/mol. The second-order valence-corrected chi connectivity index (χ2v) is 7.22. The molecule has 0 aliphatic carbocycles. The van der Waals surface area contributed by atoms with Crippen molar-refractivity contribution in [3.05, 3.63) is 33.6 Å². The molecule has 0 saturated heterocycles. The average Bonchev–Trinajstić information content (AvgIpc) is 3.47. The van der Waals surface area contributed by atoms with Crippen molar-refractivity contribution in [3.63, 3.8) is 0 Å². The van der Waals surface area contributed by atoms with E-state index in [1.165, 1.54) is 0 Å². The number of carbonyl (C=O) groups is 1. The van der Waals surface area contributed by atoms with Crippen molar-refractivity contribution in [2.24, 2.45) is 0 Å². The van der Waals surface area contributed by atoms with Crippen LogP contribution in [0.5, 0.6) is 0 Å². The molecule has 4 aromatic rings. The van der Waals surface area contributed by atoms with Gasteiger partial charge in [-0.15, -0.1) is 10.2 Å². The normalized spacial score (nSPS) is 11.4. The Morgan fingerprint density at radius 1 is 0.767 bits per heavy atom. The first-order chi connectivity index (χ1) is 14.4. The van der Waals surface area contributed by atoms with Gasteiger partial charge in [-0.3, -0.25) is 4.79 Å². The predicted molar refractivity (Wildman–Crippen MR) is 109 cm³/mol. The number of hydrogen-bond acceptors (Lipinski definition) is 7. The van der Waals surface area contributed by atoms with E-state index in [2.05, 4.69) is 41.0 Å². The zero-order chi connectivity index (χ0) is 21.6. The molecule has 4 aromatic heterocycles. The van der Waals surface area contributed by atoms with E-state index in [4.69, 9.17) is 0 Å². The van der Waals surface area contributed by atoms with E-state index in [0.29, 0.717) is 35.9 Å². The quantitative estimate of drug-likeness (QED) is 0.467. The first-order valence-electron chi connectivity index (χ1n) is 9.85. The SMILES string of the molecule is CCn1nnnc1-c1[nH]c(C)c(C(=O)c2c(C)[nH]c(-c3nnnn3CC)c2C)c1C. The zero-order valence-corrected chi connectivity index (χ0v) is 17.9. The van der Waals surface area contributed by atoms with Crippen LogP contribution in [0.15, 0.2) is 0 Å². The lowest BCUT2D eigenvalue weighted by Crippen LogP contribution is -2.07. The molecule has 0 bridgehead atoms. The van der Waals surface area contributed by atoms with E-state index in [9.17, 15) is 4.79 Å². The lowest BCUT2D eigenvalue weighted by molar-refractivity contribution is 0.103. The highest BCUT2D eigenvalue weighted by Gasteiger charge is 2.28. The van der Waals surface area contributed by atoms with Crippen molar-refractivity contribution in [2.75, 3.05) is 0 Å². The molecule has 4 rings (SSSR count). The summed E-state index contributed by atoms with van der Waals surface area (Å²) in [5.74, 6) is 1.17. The van der Waals surface area contributed by atoms with Gasteiger partial charge >= 0.3 is 0 Å². The van der Waals surface area contributed by atoms with Crippen molar-refractivity contribution < 1.29 is 4.79 Å². The maximum absolute atomic E-state index is 13.6. The molecule has 2 N–H and O–H groups in total. The topological polar surface area (TPSA) is 136 Å². The van der Waals surface area contributed by atoms with Crippen molar-refractivity contribution in [2.45, 2.75) is 54.6 Å². The Morgan fingerprint density at radius 3 is 1.53 bits per heavy atom. The molecular formula is C19H24N10O. The molecule has 30 heavy (non-hydrogen) atoms. The van der Waals surface area contributed by atoms with E-state index in [0.717, 1.165) is 33.9 Å². The summed E-state index contributed by atoms with van der Waals surface area (Å²) in [5.41, 5.74) is 5.96. The Balaban J connectivity index is 1.82. The van der Waals surface area contributed by atoms with Gasteiger partial charge in [-0.05, 0) is 73.5 Å². The summed E-state index contributed by atoms with van der Waals surface area (Å²) in [6.45, 7) is 12.8. The van der Waals surface area contributed by atoms with Crippen LogP contribution in [0.1, 0.15) is 52.3 Å². The number of aromatic amines is 2. The molecule has 0 unspecified atom stereocenters. The molecule has 0 aromatic carbocycles. The molecule has 0 radical (unpaired) electrons. The summed E-state index contributed by atoms with van der Waals surface area (Å²) in [5, 5.41) is 23.8. The lowest BCUT2D eigenvalue weighted by atomic mass is 9.96. The molecule has 0 spiro atoms. The van der Waals surface area contributed by atoms with Gasteiger partial charge in [-0.2, -0.15) is 0 Å². The minimum Gasteiger partial charge on any atom is -0.355 e. The number of aryl methyl sites for hydroxylation is 4. The van der Waals surface area contributed by atoms with Crippen LogP contribution in [-0.2, 0) is 13.1 Å². The molecule has 0 aliphatic rings. The summed E-state index contributed by atoms with van der Waals surface area (Å²) in [4.78, 5) is 20.3. The number of carbonyl (C=O) groups excluding carboxylic acids is 1. The van der Waals surface area contributed by atoms with Gasteiger partial charge in [0.1, 0.15) is 0 Å². The molecule has 0 atom stereocenters. The molecule has 0 amide bonds. The summed E-state index contributed by atoms with van der Waals surface area (Å²) in [6, 6.07) is 0. The van der Waals surface area contributed by atoms with Crippen molar-refractivity contribution in [1.82, 2.24) is 50.4 Å². The Morgan fingerprint density at radius 2 is 1.17 bits per heavy atom. The fourth-order valence-corrected chi connectivity index (χ4v) is 3.95. The Labute approximate surface area is 172 Å². The minimum absolute atomic E-state index is 0.0592. The summed E-state index contributed by atoms with van der Waals surface area (Å²) >= 11 is 0. The lowest BCUT2D eigenvalue weighted by Gasteiger charge is -2.05. The number of nitrogens with one attached hydrogen (secondary N) is 2. The Hall–Kier alpha value is -3.63. The highest BCUT2D eigenvalue weighted by atomic mass is 16.1. The van der Waals surface area contributed by atoms with Gasteiger partial charge in [0.05, 0.1) is 11.4 Å². The molecule has 11 heteroatoms. The van der Waals surface area contributed by atoms with Gasteiger partial charge in [0, 0.05) is 35.6 Å². The molecule has 156 valence electrons. The maximum atomic E-state index is 13.6. The van der Waals surface area contributed by atoms with Crippen LogP contribution in [-0.4, -0.2) is 56.2 Å². The molecule has 4 heterocycles. The summed E-state index contributed by atoms with van der Waals surface area (Å²) < 4.78 is 3.39. The van der Waals surface area contributed by atoms with Gasteiger partial charge in [0.15, 0.2) is 17.4 Å². The number of aromatic nitrogens is 10. The third-order valence-corrected chi connectivity index (χ3v) is 5.44. The second-order valence-electron chi connectivity index (χ2n) is 7.22. The second kappa shape index (κ2) is 7.32. The van der Waals surface area contributed by atoms with Crippen molar-refractivity contribution >= 4 is 5.78 Å². The van der Waals surface area contributed by atoms with Crippen LogP contribution in [0.25, 0.3) is 23.0 Å². The summed E-state index contributed by atoms with van der Waals surface area (Å²) in [7, 11) is 0. The third kappa shape index (κ3) is 2.85. The van der Waals surface area contributed by atoms with Crippen molar-refractivity contribution in [1.29, 1.82) is 0 Å². The van der Waals surface area contributed by atoms with Gasteiger partial charge in [-0.1, -0.05) is 0 Å². The largest absolute Gasteiger partial charge is 0.355 e. The smallest absolute Gasteiger partial charge is 0.198 e. The van der Waals surface area contributed by atoms with Crippen LogP contribution in [0.3, 0.4) is 0 Å². The third-order valence-electron chi connectivity index (χ3n) is 5.44. The number of tetrazole rings is 2. The summed E-state index contributed by atoms with van der Waals surface area (Å²) in [6.07, 6.45) is 0. The van der Waals surface area contributed by atoms with Gasteiger partial charge < -0.3 is 9.97 Å². The Kier molecular flexibility index (Phi) is 4.80. The minimum atomic E-state index is -0.0592. The van der Waals surface area contributed by atoms with Crippen LogP contribution in [0.4, 0.5) is 0 Å². The fraction of sp³-hybridized carbons (Fsp3) is 0.421. The van der Waals surface area contributed by atoms with E-state index in [1.807, 2.05) is 41.5 Å². The first-order valence-corrected chi connectivity index (χ1v) is 9.85. The van der Waals surface area contributed by atoms with E-state index in [1.54, 1.807) is 9.36 Å². The van der Waals surface area contributed by atoms with Gasteiger partial charge in [0.2, 0.25) is 0 Å². The highest BCUT2D eigenvalue weighted by molar-refractivity contribution is 6.13. The standard InChI is InChI=1S/C19H24N10O/c1-7-28-18(22-24-26-28)15-9(3)13(11(5)20-15)17(30)14-10(4)16(21-12(14)6)19-23-25-27-29(19)8-2/h20-21H,7-8H2,1-6H3. The predicted octanol–water partition coefficient (Wildman–Crippen LogP) is 2.15. The van der Waals surface area contributed by atoms with Crippen molar-refractivity contribution in [3.8, 4) is 23.0 Å². The van der Waals surface area contributed by atoms with E-state index in [-0.39, 0.29) is 5.78 Å². The Bertz CT molecular complexity index is 1140. The molecule has 0 saturated carbocycles. The maximum Gasteiger partial charge on any atom is 0.198 e. The number of nitrogens with zero attached hydrogens (tertiary/aromatic N) is 8. The van der Waals surface area contributed by atoms with Crippen LogP contribution in [0.2, 0.25) is 0 Å². The monoisotopic (exact) mass is 408 g/mol. The number of H-pyrrole nitrogens is 2. The zero-order valence-electron chi connectivity index (χ0n) is 17.9. The van der Waals surface area contributed by atoms with Gasteiger partial charge in [-0.25, -0.2) is 9.36 Å². The highest BCUT2D eigenvalue weighted by Crippen LogP contribution is 2.32. The molecule has 11 nitrogen and oxygen atoms in total. The van der Waals surface area contributed by atoms with Gasteiger partial charge in [0.25, 0.3) is 0 Å². The fourth-order valence-electron chi connectivity index (χ4n) is 3.95. The molecule has 0 fully saturated rings. The van der Waals surface area contributed by atoms with Crippen LogP contribution < -0.4 is 0 Å². The van der Waals surface area contributed by atoms with Crippen LogP contribution >= 0.6 is 0 Å². The first kappa shape index (κ1) is 19.7.